The molecule has 0 saturated heterocycles. The Labute approximate surface area is 120 Å². The average Bonchev–Trinajstić information content (AvgIpc) is 2.41. The van der Waals surface area contributed by atoms with E-state index < -0.39 is 6.10 Å². The number of benzene rings is 1. The number of halogens is 1. The highest BCUT2D eigenvalue weighted by Gasteiger charge is 2.12. The van der Waals surface area contributed by atoms with Gasteiger partial charge in [-0.1, -0.05) is 29.4 Å². The molecule has 2 aromatic rings. The van der Waals surface area contributed by atoms with Gasteiger partial charge in [-0.3, -0.25) is 0 Å². The molecule has 1 atom stereocenters. The lowest BCUT2D eigenvalue weighted by Gasteiger charge is -2.12. The van der Waals surface area contributed by atoms with Gasteiger partial charge < -0.3 is 5.11 Å². The van der Waals surface area contributed by atoms with Crippen molar-refractivity contribution in [1.82, 2.24) is 4.98 Å². The first-order valence-electron chi connectivity index (χ1n) is 5.62. The third kappa shape index (κ3) is 3.27. The summed E-state index contributed by atoms with van der Waals surface area (Å²) < 4.78 is 0. The molecule has 0 radical (unpaired) electrons. The summed E-state index contributed by atoms with van der Waals surface area (Å²) in [6.07, 6.45) is 1.04. The second-order valence-corrected chi connectivity index (χ2v) is 5.37. The van der Waals surface area contributed by atoms with E-state index in [2.05, 4.69) is 11.1 Å². The summed E-state index contributed by atoms with van der Waals surface area (Å²) in [5.41, 5.74) is 1.30. The molecule has 1 aromatic carbocycles. The van der Waals surface area contributed by atoms with Gasteiger partial charge in [-0.2, -0.15) is 5.26 Å². The Morgan fingerprint density at radius 1 is 1.42 bits per heavy atom. The molecule has 0 amide bonds. The molecule has 1 aromatic heterocycles. The van der Waals surface area contributed by atoms with Crippen molar-refractivity contribution < 1.29 is 5.11 Å². The minimum atomic E-state index is -0.613. The number of nitrogens with zero attached hydrogens (tertiary/aromatic N) is 2. The van der Waals surface area contributed by atoms with Crippen LogP contribution >= 0.6 is 23.4 Å². The van der Waals surface area contributed by atoms with Crippen molar-refractivity contribution in [3.63, 3.8) is 0 Å². The lowest BCUT2D eigenvalue weighted by atomic mass is 10.1. The van der Waals surface area contributed by atoms with Crippen molar-refractivity contribution in [1.29, 1.82) is 5.26 Å². The number of pyridine rings is 1. The molecule has 0 saturated carbocycles. The first kappa shape index (κ1) is 13.9. The zero-order valence-corrected chi connectivity index (χ0v) is 11.7. The highest BCUT2D eigenvalue weighted by molar-refractivity contribution is 7.99. The Bertz CT molecular complexity index is 638. The van der Waals surface area contributed by atoms with E-state index in [1.165, 1.54) is 11.8 Å². The van der Waals surface area contributed by atoms with Gasteiger partial charge in [-0.15, -0.1) is 0 Å². The van der Waals surface area contributed by atoms with E-state index in [0.29, 0.717) is 15.6 Å². The van der Waals surface area contributed by atoms with Gasteiger partial charge in [0.25, 0.3) is 0 Å². The lowest BCUT2D eigenvalue weighted by Crippen LogP contribution is -1.95. The zero-order valence-electron chi connectivity index (χ0n) is 10.2. The highest BCUT2D eigenvalue weighted by Crippen LogP contribution is 2.36. The zero-order chi connectivity index (χ0) is 13.8. The van der Waals surface area contributed by atoms with E-state index in [0.717, 1.165) is 10.5 Å². The van der Waals surface area contributed by atoms with Gasteiger partial charge in [0, 0.05) is 11.1 Å². The average molecular weight is 291 g/mol. The van der Waals surface area contributed by atoms with Crippen LogP contribution in [0.3, 0.4) is 0 Å². The molecular weight excluding hydrogens is 280 g/mol. The van der Waals surface area contributed by atoms with Gasteiger partial charge in [-0.25, -0.2) is 4.98 Å². The van der Waals surface area contributed by atoms with Crippen LogP contribution in [0.5, 0.6) is 0 Å². The van der Waals surface area contributed by atoms with Crippen molar-refractivity contribution in [2.45, 2.75) is 22.9 Å². The maximum Gasteiger partial charge on any atom is 0.119 e. The Morgan fingerprint density at radius 2 is 2.21 bits per heavy atom. The molecule has 0 fully saturated rings. The third-order valence-electron chi connectivity index (χ3n) is 2.52. The predicted octanol–water partition coefficient (Wildman–Crippen LogP) is 3.81. The van der Waals surface area contributed by atoms with Crippen LogP contribution in [0.15, 0.2) is 46.5 Å². The molecule has 3 nitrogen and oxygen atoms in total. The van der Waals surface area contributed by atoms with E-state index in [1.807, 2.05) is 0 Å². The molecule has 0 bridgehead atoms. The van der Waals surface area contributed by atoms with Gasteiger partial charge in [0.05, 0.1) is 22.8 Å². The van der Waals surface area contributed by atoms with E-state index in [1.54, 1.807) is 43.5 Å². The number of hydrogen-bond donors (Lipinski definition) is 1. The van der Waals surface area contributed by atoms with E-state index in [9.17, 15) is 5.11 Å². The fourth-order valence-corrected chi connectivity index (χ4v) is 2.85. The number of rotatable bonds is 3. The molecule has 5 heteroatoms. The summed E-state index contributed by atoms with van der Waals surface area (Å²) in [6.45, 7) is 1.69. The fraction of sp³-hybridized carbons (Fsp3) is 0.143. The number of aliphatic hydroxyl groups excluding tert-OH is 1. The van der Waals surface area contributed by atoms with Crippen LogP contribution in [0.25, 0.3) is 0 Å². The molecule has 0 spiro atoms. The number of aromatic nitrogens is 1. The van der Waals surface area contributed by atoms with Crippen LogP contribution in [0, 0.1) is 11.3 Å². The molecule has 0 aliphatic heterocycles. The Morgan fingerprint density at radius 3 is 2.84 bits per heavy atom. The molecule has 96 valence electrons. The Balaban J connectivity index is 2.44. The molecule has 0 aliphatic carbocycles. The highest BCUT2D eigenvalue weighted by atomic mass is 35.5. The van der Waals surface area contributed by atoms with Gasteiger partial charge in [0.2, 0.25) is 0 Å². The van der Waals surface area contributed by atoms with Gasteiger partial charge >= 0.3 is 0 Å². The summed E-state index contributed by atoms with van der Waals surface area (Å²) in [7, 11) is 0. The monoisotopic (exact) mass is 290 g/mol. The van der Waals surface area contributed by atoms with Crippen LogP contribution < -0.4 is 0 Å². The Kier molecular flexibility index (Phi) is 4.43. The molecule has 0 aliphatic rings. The van der Waals surface area contributed by atoms with Crippen molar-refractivity contribution in [2.24, 2.45) is 0 Å². The second-order valence-electron chi connectivity index (χ2n) is 3.93. The van der Waals surface area contributed by atoms with Crippen molar-refractivity contribution in [2.75, 3.05) is 0 Å². The van der Waals surface area contributed by atoms with Crippen LogP contribution in [-0.2, 0) is 0 Å². The number of aliphatic hydroxyl groups is 1. The first-order chi connectivity index (χ1) is 9.11. The van der Waals surface area contributed by atoms with E-state index in [4.69, 9.17) is 16.9 Å². The van der Waals surface area contributed by atoms with Crippen LogP contribution in [0.1, 0.15) is 24.2 Å². The fourth-order valence-electron chi connectivity index (χ4n) is 1.59. The normalized spacial score (nSPS) is 11.9. The standard InChI is InChI=1S/C14H11ClN2OS/c1-9(18)11-5-4-10(8-16)7-13(11)19-14-12(15)3-2-6-17-14/h2-7,9,18H,1H3/t9-/m0/s1. The number of nitriles is 1. The maximum absolute atomic E-state index is 9.77. The topological polar surface area (TPSA) is 56.9 Å². The molecule has 2 rings (SSSR count). The quantitative estimate of drug-likeness (QED) is 0.934. The summed E-state index contributed by atoms with van der Waals surface area (Å²) in [5, 5.41) is 19.9. The first-order valence-corrected chi connectivity index (χ1v) is 6.81. The molecule has 1 N–H and O–H groups in total. The minimum Gasteiger partial charge on any atom is -0.389 e. The number of hydrogen-bond acceptors (Lipinski definition) is 4. The van der Waals surface area contributed by atoms with Crippen molar-refractivity contribution in [3.05, 3.63) is 52.7 Å². The Hall–Kier alpha value is -1.54. The molecule has 1 heterocycles. The maximum atomic E-state index is 9.77. The summed E-state index contributed by atoms with van der Waals surface area (Å²) in [5.74, 6) is 0. The van der Waals surface area contributed by atoms with Crippen LogP contribution in [0.4, 0.5) is 0 Å². The largest absolute Gasteiger partial charge is 0.389 e. The van der Waals surface area contributed by atoms with Crippen molar-refractivity contribution >= 4 is 23.4 Å². The smallest absolute Gasteiger partial charge is 0.119 e. The predicted molar refractivity (Wildman–Crippen MR) is 75.2 cm³/mol. The summed E-state index contributed by atoms with van der Waals surface area (Å²) in [4.78, 5) is 4.98. The van der Waals surface area contributed by atoms with Crippen LogP contribution in [0.2, 0.25) is 5.02 Å². The van der Waals surface area contributed by atoms with Crippen LogP contribution in [-0.4, -0.2) is 10.1 Å². The third-order valence-corrected chi connectivity index (χ3v) is 4.03. The van der Waals surface area contributed by atoms with Crippen molar-refractivity contribution in [3.8, 4) is 6.07 Å². The van der Waals surface area contributed by atoms with E-state index >= 15 is 0 Å². The summed E-state index contributed by atoms with van der Waals surface area (Å²) in [6, 6.07) is 10.8. The summed E-state index contributed by atoms with van der Waals surface area (Å²) >= 11 is 7.41. The SMILES string of the molecule is C[C@H](O)c1ccc(C#N)cc1Sc1ncccc1Cl. The molecule has 0 unspecified atom stereocenters. The van der Waals surface area contributed by atoms with Gasteiger partial charge in [0.1, 0.15) is 5.03 Å². The lowest BCUT2D eigenvalue weighted by molar-refractivity contribution is 0.196. The van der Waals surface area contributed by atoms with Gasteiger partial charge in [0.15, 0.2) is 0 Å². The van der Waals surface area contributed by atoms with Gasteiger partial charge in [-0.05, 0) is 36.8 Å². The minimum absolute atomic E-state index is 0.541. The molecule has 19 heavy (non-hydrogen) atoms. The second kappa shape index (κ2) is 6.07. The molecular formula is C14H11ClN2OS. The van der Waals surface area contributed by atoms with E-state index in [-0.39, 0.29) is 0 Å².